The molecule has 0 saturated carbocycles. The first-order chi connectivity index (χ1) is 20.0. The molecule has 5 heterocycles. The first-order valence-corrected chi connectivity index (χ1v) is 13.5. The van der Waals surface area contributed by atoms with Crippen molar-refractivity contribution < 1.29 is 9.18 Å². The molecule has 1 unspecified atom stereocenters. The zero-order valence-electron chi connectivity index (χ0n) is 22.9. The van der Waals surface area contributed by atoms with E-state index in [-0.39, 0.29) is 17.8 Å². The summed E-state index contributed by atoms with van der Waals surface area (Å²) in [4.78, 5) is 34.0. The van der Waals surface area contributed by atoms with Crippen LogP contribution in [0.1, 0.15) is 0 Å². The lowest BCUT2D eigenvalue weighted by Gasteiger charge is -2.32. The van der Waals surface area contributed by atoms with E-state index < -0.39 is 0 Å². The van der Waals surface area contributed by atoms with Gasteiger partial charge in [-0.05, 0) is 30.8 Å². The number of hydrogen-bond donors (Lipinski definition) is 4. The van der Waals surface area contributed by atoms with Gasteiger partial charge in [-0.3, -0.25) is 15.1 Å². The number of pyridine rings is 1. The van der Waals surface area contributed by atoms with Crippen molar-refractivity contribution in [2.45, 2.75) is 0 Å². The number of nitrogens with one attached hydrogen (secondary N) is 4. The minimum absolute atomic E-state index is 0.0199. The Morgan fingerprint density at radius 1 is 1.20 bits per heavy atom. The van der Waals surface area contributed by atoms with E-state index in [4.69, 9.17) is 4.98 Å². The molecule has 1 aromatic carbocycles. The molecule has 0 radical (unpaired) electrons. The van der Waals surface area contributed by atoms with Crippen LogP contribution in [0.2, 0.25) is 0 Å². The largest absolute Gasteiger partial charge is 0.392 e. The van der Waals surface area contributed by atoms with E-state index >= 15 is 0 Å². The van der Waals surface area contributed by atoms with E-state index in [0.29, 0.717) is 53.4 Å². The van der Waals surface area contributed by atoms with Gasteiger partial charge >= 0.3 is 6.03 Å². The van der Waals surface area contributed by atoms with Crippen molar-refractivity contribution in [1.82, 2.24) is 45.6 Å². The van der Waals surface area contributed by atoms with Crippen LogP contribution in [0.4, 0.5) is 9.18 Å². The van der Waals surface area contributed by atoms with Crippen molar-refractivity contribution in [3.05, 3.63) is 77.2 Å². The summed E-state index contributed by atoms with van der Waals surface area (Å²) in [5.74, 6) is 0.224. The number of H-pyrrole nitrogens is 2. The van der Waals surface area contributed by atoms with Gasteiger partial charge in [0, 0.05) is 62.3 Å². The van der Waals surface area contributed by atoms with Gasteiger partial charge in [0.2, 0.25) is 0 Å². The molecule has 11 nitrogen and oxygen atoms in total. The third kappa shape index (κ3) is 5.59. The number of rotatable bonds is 6. The highest BCUT2D eigenvalue weighted by Gasteiger charge is 2.20. The van der Waals surface area contributed by atoms with Crippen LogP contribution in [-0.2, 0) is 0 Å². The fourth-order valence-corrected chi connectivity index (χ4v) is 5.01. The Morgan fingerprint density at radius 2 is 2.05 bits per heavy atom. The highest BCUT2D eigenvalue weighted by atomic mass is 19.1. The predicted molar refractivity (Wildman–Crippen MR) is 154 cm³/mol. The Hall–Kier alpha value is -4.84. The fraction of sp³-hybridized carbons (Fsp3) is 0.276. The molecule has 1 saturated heterocycles. The molecule has 4 aromatic rings. The maximum Gasteiger partial charge on any atom is 0.321 e. The van der Waals surface area contributed by atoms with Crippen LogP contribution in [0.3, 0.4) is 0 Å². The number of allylic oxidation sites excluding steroid dienone is 1. The maximum atomic E-state index is 13.9. The molecule has 2 aliphatic rings. The van der Waals surface area contributed by atoms with Gasteiger partial charge in [0.05, 0.1) is 29.5 Å². The molecule has 0 spiro atoms. The molecule has 1 fully saturated rings. The predicted octanol–water partition coefficient (Wildman–Crippen LogP) is 1.76. The van der Waals surface area contributed by atoms with Crippen molar-refractivity contribution in [3.8, 4) is 22.6 Å². The van der Waals surface area contributed by atoms with Gasteiger partial charge in [-0.2, -0.15) is 5.10 Å². The van der Waals surface area contributed by atoms with Crippen LogP contribution in [-0.4, -0.2) is 87.8 Å². The zero-order valence-corrected chi connectivity index (χ0v) is 22.9. The molecule has 6 rings (SSSR count). The van der Waals surface area contributed by atoms with Gasteiger partial charge in [-0.15, -0.1) is 0 Å². The van der Waals surface area contributed by atoms with E-state index in [9.17, 15) is 9.18 Å². The number of carbonyl (C=O) groups excluding carboxylic acids is 1. The van der Waals surface area contributed by atoms with Crippen molar-refractivity contribution in [1.29, 1.82) is 0 Å². The van der Waals surface area contributed by atoms with Crippen molar-refractivity contribution in [2.75, 3.05) is 46.8 Å². The van der Waals surface area contributed by atoms with Crippen LogP contribution < -0.4 is 21.3 Å². The smallest absolute Gasteiger partial charge is 0.321 e. The number of piperazine rings is 1. The number of nitrogens with zero attached hydrogens (tertiary/aromatic N) is 6. The number of hydrogen-bond acceptors (Lipinski definition) is 7. The minimum Gasteiger partial charge on any atom is -0.392 e. The highest BCUT2D eigenvalue weighted by molar-refractivity contribution is 5.92. The lowest BCUT2D eigenvalue weighted by atomic mass is 10.0. The molecule has 210 valence electrons. The SMILES string of the molecule is CN/C=C(\C=C\C1C=c2c(-c3nc4c(-c5cccc(F)c5)cncc4[nH]3)n[nH]c2=NC1)NC(=O)N1CCN(C)CC1. The Kier molecular flexibility index (Phi) is 7.30. The first-order valence-electron chi connectivity index (χ1n) is 13.5. The van der Waals surface area contributed by atoms with Crippen molar-refractivity contribution in [3.63, 3.8) is 0 Å². The van der Waals surface area contributed by atoms with Gasteiger partial charge in [0.15, 0.2) is 11.3 Å². The minimum atomic E-state index is -0.321. The van der Waals surface area contributed by atoms with E-state index in [1.165, 1.54) is 12.1 Å². The van der Waals surface area contributed by atoms with Crippen molar-refractivity contribution in [2.24, 2.45) is 10.9 Å². The molecular formula is C29H31FN10O. The Balaban J connectivity index is 1.25. The van der Waals surface area contributed by atoms with Crippen LogP contribution in [0.25, 0.3) is 39.8 Å². The fourth-order valence-electron chi connectivity index (χ4n) is 5.01. The molecule has 2 aliphatic heterocycles. The van der Waals surface area contributed by atoms with Crippen LogP contribution in [0.15, 0.2) is 65.7 Å². The number of fused-ring (bicyclic) bond motifs is 2. The normalized spacial score (nSPS) is 17.8. The Labute approximate surface area is 235 Å². The number of aromatic amines is 2. The van der Waals surface area contributed by atoms with E-state index in [1.807, 2.05) is 23.1 Å². The number of benzene rings is 1. The topological polar surface area (TPSA) is 130 Å². The number of aromatic nitrogens is 5. The zero-order chi connectivity index (χ0) is 28.3. The van der Waals surface area contributed by atoms with Gasteiger partial charge in [0.1, 0.15) is 11.5 Å². The molecule has 0 aliphatic carbocycles. The summed E-state index contributed by atoms with van der Waals surface area (Å²) in [6.45, 7) is 3.65. The number of urea groups is 1. The summed E-state index contributed by atoms with van der Waals surface area (Å²) in [7, 11) is 3.85. The molecule has 2 amide bonds. The molecule has 4 N–H and O–H groups in total. The summed E-state index contributed by atoms with van der Waals surface area (Å²) in [5, 5.41) is 14.4. The lowest BCUT2D eigenvalue weighted by molar-refractivity contribution is 0.156. The molecule has 1 atom stereocenters. The summed E-state index contributed by atoms with van der Waals surface area (Å²) in [5.41, 5.74) is 4.81. The second-order valence-electron chi connectivity index (χ2n) is 10.2. The van der Waals surface area contributed by atoms with E-state index in [0.717, 1.165) is 29.4 Å². The van der Waals surface area contributed by atoms with Gasteiger partial charge < -0.3 is 25.4 Å². The summed E-state index contributed by atoms with van der Waals surface area (Å²) >= 11 is 0. The molecule has 3 aromatic heterocycles. The summed E-state index contributed by atoms with van der Waals surface area (Å²) in [6, 6.07) is 6.26. The average Bonchev–Trinajstić information content (AvgIpc) is 3.60. The summed E-state index contributed by atoms with van der Waals surface area (Å²) < 4.78 is 13.9. The number of halogens is 1. The number of likely N-dealkylation sites (N-methyl/N-ethyl adjacent to an activating group) is 1. The van der Waals surface area contributed by atoms with Crippen LogP contribution in [0, 0.1) is 11.7 Å². The number of amides is 2. The molecule has 41 heavy (non-hydrogen) atoms. The van der Waals surface area contributed by atoms with Crippen LogP contribution >= 0.6 is 0 Å². The summed E-state index contributed by atoms with van der Waals surface area (Å²) in [6.07, 6.45) is 11.1. The number of carbonyl (C=O) groups is 1. The quantitative estimate of drug-likeness (QED) is 0.269. The molecule has 12 heteroatoms. The maximum absolute atomic E-state index is 13.9. The second-order valence-corrected chi connectivity index (χ2v) is 10.2. The number of imidazole rings is 1. The Morgan fingerprint density at radius 3 is 2.85 bits per heavy atom. The van der Waals surface area contributed by atoms with Gasteiger partial charge in [-0.1, -0.05) is 24.3 Å². The second kappa shape index (κ2) is 11.3. The molecule has 0 bridgehead atoms. The molecular weight excluding hydrogens is 523 g/mol. The average molecular weight is 555 g/mol. The first kappa shape index (κ1) is 26.4. The monoisotopic (exact) mass is 554 g/mol. The van der Waals surface area contributed by atoms with E-state index in [2.05, 4.69) is 53.8 Å². The van der Waals surface area contributed by atoms with Crippen LogP contribution in [0.5, 0.6) is 0 Å². The lowest BCUT2D eigenvalue weighted by Crippen LogP contribution is -2.50. The van der Waals surface area contributed by atoms with Crippen molar-refractivity contribution >= 4 is 23.1 Å². The van der Waals surface area contributed by atoms with Gasteiger partial charge in [0.25, 0.3) is 0 Å². The van der Waals surface area contributed by atoms with E-state index in [1.54, 1.807) is 31.7 Å². The highest BCUT2D eigenvalue weighted by Crippen LogP contribution is 2.28. The third-order valence-electron chi connectivity index (χ3n) is 7.24. The standard InChI is InChI=1S/C29H31FN10O/c1-31-15-21(34-29(41)40-10-8-39(2)9-11-40)7-6-18-12-22-26(37-38-27(22)33-14-18)28-35-24-17-32-16-23(25(24)36-28)19-4-3-5-20(30)13-19/h3-7,12-13,15-18,31H,8-11,14H2,1-2H3,(H,33,38)(H,34,41)(H,35,36)/b7-6+,21-15+. The van der Waals surface area contributed by atoms with Gasteiger partial charge in [-0.25, -0.2) is 14.2 Å². The third-order valence-corrected chi connectivity index (χ3v) is 7.24. The Bertz CT molecular complexity index is 1760.